The average molecular weight is 370 g/mol. The molecule has 0 unspecified atom stereocenters. The SMILES string of the molecule is Cl.NCCCCCc1cc(CCCCCN)cc(CCCCCN)c1. The molecular weight excluding hydrogens is 330 g/mol. The molecule has 0 aromatic heterocycles. The number of halogens is 1. The third-order valence-corrected chi connectivity index (χ3v) is 4.62. The van der Waals surface area contributed by atoms with Crippen LogP contribution in [0.5, 0.6) is 0 Å². The summed E-state index contributed by atoms with van der Waals surface area (Å²) in [5, 5.41) is 0. The molecule has 25 heavy (non-hydrogen) atoms. The molecule has 0 aliphatic carbocycles. The highest BCUT2D eigenvalue weighted by Crippen LogP contribution is 2.18. The van der Waals surface area contributed by atoms with Crippen LogP contribution in [-0.4, -0.2) is 19.6 Å². The van der Waals surface area contributed by atoms with Gasteiger partial charge in [0.2, 0.25) is 0 Å². The third kappa shape index (κ3) is 12.4. The maximum Gasteiger partial charge on any atom is -0.00773 e. The van der Waals surface area contributed by atoms with Gasteiger partial charge in [0.25, 0.3) is 0 Å². The molecule has 0 radical (unpaired) electrons. The number of rotatable bonds is 15. The Morgan fingerprint density at radius 1 is 0.440 bits per heavy atom. The number of unbranched alkanes of at least 4 members (excludes halogenated alkanes) is 6. The Labute approximate surface area is 161 Å². The van der Waals surface area contributed by atoms with E-state index in [0.717, 1.165) is 38.9 Å². The van der Waals surface area contributed by atoms with Crippen molar-refractivity contribution < 1.29 is 0 Å². The summed E-state index contributed by atoms with van der Waals surface area (Å²) in [5.41, 5.74) is 21.3. The lowest BCUT2D eigenvalue weighted by Crippen LogP contribution is -2.01. The molecule has 3 nitrogen and oxygen atoms in total. The number of nitrogens with two attached hydrogens (primary N) is 3. The molecule has 0 bridgehead atoms. The van der Waals surface area contributed by atoms with E-state index in [1.807, 2.05) is 0 Å². The van der Waals surface area contributed by atoms with E-state index in [2.05, 4.69) is 18.2 Å². The Morgan fingerprint density at radius 3 is 0.960 bits per heavy atom. The van der Waals surface area contributed by atoms with Gasteiger partial charge in [0, 0.05) is 0 Å². The first-order valence-electron chi connectivity index (χ1n) is 10.0. The van der Waals surface area contributed by atoms with E-state index < -0.39 is 0 Å². The van der Waals surface area contributed by atoms with Gasteiger partial charge in [-0.3, -0.25) is 0 Å². The van der Waals surface area contributed by atoms with Gasteiger partial charge in [-0.1, -0.05) is 37.5 Å². The van der Waals surface area contributed by atoms with Gasteiger partial charge in [-0.2, -0.15) is 0 Å². The van der Waals surface area contributed by atoms with Crippen LogP contribution in [0.4, 0.5) is 0 Å². The Hall–Kier alpha value is -0.610. The summed E-state index contributed by atoms with van der Waals surface area (Å²) >= 11 is 0. The second-order valence-corrected chi connectivity index (χ2v) is 6.96. The average Bonchev–Trinajstić information content (AvgIpc) is 2.59. The molecule has 0 saturated carbocycles. The lowest BCUT2D eigenvalue weighted by Gasteiger charge is -2.11. The van der Waals surface area contributed by atoms with E-state index in [0.29, 0.717) is 0 Å². The largest absolute Gasteiger partial charge is 0.330 e. The summed E-state index contributed by atoms with van der Waals surface area (Å²) in [7, 11) is 0. The van der Waals surface area contributed by atoms with Crippen LogP contribution in [-0.2, 0) is 19.3 Å². The van der Waals surface area contributed by atoms with Crippen molar-refractivity contribution in [1.82, 2.24) is 0 Å². The molecule has 4 heteroatoms. The molecule has 0 aliphatic heterocycles. The van der Waals surface area contributed by atoms with Gasteiger partial charge in [-0.25, -0.2) is 0 Å². The Bertz CT molecular complexity index is 349. The first-order chi connectivity index (χ1) is 11.8. The highest BCUT2D eigenvalue weighted by molar-refractivity contribution is 5.85. The molecule has 1 rings (SSSR count). The molecule has 1 aromatic rings. The van der Waals surface area contributed by atoms with Crippen LogP contribution >= 0.6 is 12.4 Å². The second kappa shape index (κ2) is 16.8. The van der Waals surface area contributed by atoms with E-state index in [1.54, 1.807) is 0 Å². The summed E-state index contributed by atoms with van der Waals surface area (Å²) in [4.78, 5) is 0. The summed E-state index contributed by atoms with van der Waals surface area (Å²) in [6, 6.07) is 7.27. The molecule has 0 saturated heterocycles. The van der Waals surface area contributed by atoms with Crippen LogP contribution in [0.15, 0.2) is 18.2 Å². The molecule has 146 valence electrons. The molecule has 0 amide bonds. The van der Waals surface area contributed by atoms with Crippen molar-refractivity contribution in [3.8, 4) is 0 Å². The van der Waals surface area contributed by atoms with Crippen molar-refractivity contribution >= 4 is 12.4 Å². The normalized spacial score (nSPS) is 10.7. The number of hydrogen-bond acceptors (Lipinski definition) is 3. The predicted octanol–water partition coefficient (Wildman–Crippen LogP) is 4.12. The fraction of sp³-hybridized carbons (Fsp3) is 0.714. The summed E-state index contributed by atoms with van der Waals surface area (Å²) < 4.78 is 0. The first kappa shape index (κ1) is 24.4. The molecule has 1 aromatic carbocycles. The maximum atomic E-state index is 5.60. The van der Waals surface area contributed by atoms with E-state index in [9.17, 15) is 0 Å². The standard InChI is InChI=1S/C21H39N3.ClH/c22-13-7-1-4-10-19-16-20(11-5-2-8-14-23)18-21(17-19)12-6-3-9-15-24;/h16-18H,1-15,22-24H2;1H. The van der Waals surface area contributed by atoms with E-state index >= 15 is 0 Å². The lowest BCUT2D eigenvalue weighted by atomic mass is 9.95. The Balaban J connectivity index is 0.00000576. The quantitative estimate of drug-likeness (QED) is 0.407. The minimum Gasteiger partial charge on any atom is -0.330 e. The van der Waals surface area contributed by atoms with Crippen LogP contribution in [0.2, 0.25) is 0 Å². The predicted molar refractivity (Wildman–Crippen MR) is 114 cm³/mol. The van der Waals surface area contributed by atoms with Crippen LogP contribution < -0.4 is 17.2 Å². The van der Waals surface area contributed by atoms with Crippen molar-refractivity contribution in [1.29, 1.82) is 0 Å². The number of benzene rings is 1. The molecular formula is C21H40ClN3. The highest BCUT2D eigenvalue weighted by Gasteiger charge is 2.03. The van der Waals surface area contributed by atoms with E-state index in [4.69, 9.17) is 17.2 Å². The van der Waals surface area contributed by atoms with Gasteiger partial charge in [0.1, 0.15) is 0 Å². The van der Waals surface area contributed by atoms with Crippen molar-refractivity contribution in [2.75, 3.05) is 19.6 Å². The zero-order valence-corrected chi connectivity index (χ0v) is 16.8. The minimum atomic E-state index is 0. The topological polar surface area (TPSA) is 78.1 Å². The van der Waals surface area contributed by atoms with E-state index in [-0.39, 0.29) is 12.4 Å². The van der Waals surface area contributed by atoms with Gasteiger partial charge < -0.3 is 17.2 Å². The molecule has 0 aliphatic rings. The number of hydrogen-bond donors (Lipinski definition) is 3. The molecule has 0 fully saturated rings. The zero-order valence-electron chi connectivity index (χ0n) is 16.0. The van der Waals surface area contributed by atoms with Crippen LogP contribution in [0.3, 0.4) is 0 Å². The minimum absolute atomic E-state index is 0. The Kier molecular flexibility index (Phi) is 16.4. The molecule has 0 spiro atoms. The summed E-state index contributed by atoms with van der Waals surface area (Å²) in [6.45, 7) is 2.44. The van der Waals surface area contributed by atoms with Crippen molar-refractivity contribution in [2.45, 2.75) is 77.0 Å². The van der Waals surface area contributed by atoms with Crippen molar-refractivity contribution in [2.24, 2.45) is 17.2 Å². The fourth-order valence-electron chi connectivity index (χ4n) is 3.22. The fourth-order valence-corrected chi connectivity index (χ4v) is 3.22. The van der Waals surface area contributed by atoms with Gasteiger partial charge >= 0.3 is 0 Å². The summed E-state index contributed by atoms with van der Waals surface area (Å²) in [5.74, 6) is 0. The third-order valence-electron chi connectivity index (χ3n) is 4.62. The molecule has 0 heterocycles. The zero-order chi connectivity index (χ0) is 17.5. The van der Waals surface area contributed by atoms with Crippen molar-refractivity contribution in [3.05, 3.63) is 34.9 Å². The number of aryl methyl sites for hydroxylation is 3. The van der Waals surface area contributed by atoms with Gasteiger partial charge in [-0.15, -0.1) is 12.4 Å². The van der Waals surface area contributed by atoms with E-state index in [1.165, 1.54) is 74.5 Å². The smallest absolute Gasteiger partial charge is 0.00773 e. The van der Waals surface area contributed by atoms with Crippen LogP contribution in [0.1, 0.15) is 74.5 Å². The molecule has 6 N–H and O–H groups in total. The van der Waals surface area contributed by atoms with Gasteiger partial charge in [-0.05, 0) is 94.1 Å². The van der Waals surface area contributed by atoms with Crippen molar-refractivity contribution in [3.63, 3.8) is 0 Å². The van der Waals surface area contributed by atoms with Gasteiger partial charge in [0.05, 0.1) is 0 Å². The maximum absolute atomic E-state index is 5.60. The lowest BCUT2D eigenvalue weighted by molar-refractivity contribution is 0.673. The van der Waals surface area contributed by atoms with Gasteiger partial charge in [0.15, 0.2) is 0 Å². The van der Waals surface area contributed by atoms with Crippen LogP contribution in [0.25, 0.3) is 0 Å². The van der Waals surface area contributed by atoms with Crippen LogP contribution in [0, 0.1) is 0 Å². The Morgan fingerprint density at radius 2 is 0.720 bits per heavy atom. The first-order valence-corrected chi connectivity index (χ1v) is 10.0. The summed E-state index contributed by atoms with van der Waals surface area (Å²) in [6.07, 6.45) is 14.5. The highest BCUT2D eigenvalue weighted by atomic mass is 35.5. The monoisotopic (exact) mass is 369 g/mol. The second-order valence-electron chi connectivity index (χ2n) is 6.96. The molecule has 0 atom stereocenters.